The lowest BCUT2D eigenvalue weighted by molar-refractivity contribution is 0.756. The van der Waals surface area contributed by atoms with Gasteiger partial charge in [-0.05, 0) is 13.8 Å². The van der Waals surface area contributed by atoms with Crippen molar-refractivity contribution in [1.82, 2.24) is 19.7 Å². The van der Waals surface area contributed by atoms with Crippen molar-refractivity contribution in [3.63, 3.8) is 0 Å². The lowest BCUT2D eigenvalue weighted by atomic mass is 10.2. The van der Waals surface area contributed by atoms with Crippen LogP contribution in [0.25, 0.3) is 0 Å². The summed E-state index contributed by atoms with van der Waals surface area (Å²) in [5.41, 5.74) is 2.92. The van der Waals surface area contributed by atoms with Crippen LogP contribution >= 0.6 is 0 Å². The average molecular weight is 260 g/mol. The summed E-state index contributed by atoms with van der Waals surface area (Å²) in [6.45, 7) is 6.01. The molecule has 6 heteroatoms. The highest BCUT2D eigenvalue weighted by atomic mass is 15.3. The van der Waals surface area contributed by atoms with Gasteiger partial charge in [0.25, 0.3) is 0 Å². The summed E-state index contributed by atoms with van der Waals surface area (Å²) in [6.07, 6.45) is 2.75. The zero-order chi connectivity index (χ0) is 14.0. The Hall–Kier alpha value is -2.11. The van der Waals surface area contributed by atoms with E-state index >= 15 is 0 Å². The quantitative estimate of drug-likeness (QED) is 0.882. The van der Waals surface area contributed by atoms with Crippen LogP contribution in [0.5, 0.6) is 0 Å². The molecule has 0 saturated heterocycles. The van der Waals surface area contributed by atoms with E-state index in [0.29, 0.717) is 0 Å². The van der Waals surface area contributed by atoms with E-state index in [0.717, 1.165) is 40.8 Å². The maximum absolute atomic E-state index is 4.55. The fourth-order valence-electron chi connectivity index (χ4n) is 1.94. The van der Waals surface area contributed by atoms with Crippen molar-refractivity contribution in [2.75, 3.05) is 17.7 Å². The Labute approximate surface area is 113 Å². The summed E-state index contributed by atoms with van der Waals surface area (Å²) in [5.74, 6) is 2.50. The van der Waals surface area contributed by atoms with Crippen LogP contribution in [-0.2, 0) is 13.5 Å². The Kier molecular flexibility index (Phi) is 3.69. The molecular weight excluding hydrogens is 240 g/mol. The number of hydrogen-bond acceptors (Lipinski definition) is 5. The van der Waals surface area contributed by atoms with Gasteiger partial charge < -0.3 is 10.6 Å². The molecule has 2 rings (SSSR count). The van der Waals surface area contributed by atoms with Crippen LogP contribution < -0.4 is 10.6 Å². The van der Waals surface area contributed by atoms with Gasteiger partial charge in [-0.3, -0.25) is 4.68 Å². The van der Waals surface area contributed by atoms with Gasteiger partial charge in [-0.25, -0.2) is 9.97 Å². The van der Waals surface area contributed by atoms with E-state index in [1.54, 1.807) is 4.68 Å². The molecule has 0 radical (unpaired) electrons. The van der Waals surface area contributed by atoms with E-state index in [4.69, 9.17) is 0 Å². The first kappa shape index (κ1) is 13.3. The third-order valence-electron chi connectivity index (χ3n) is 3.01. The molecule has 0 spiro atoms. The fourth-order valence-corrected chi connectivity index (χ4v) is 1.94. The molecule has 2 aromatic heterocycles. The van der Waals surface area contributed by atoms with E-state index in [9.17, 15) is 0 Å². The first-order valence-electron chi connectivity index (χ1n) is 6.37. The van der Waals surface area contributed by atoms with Crippen LogP contribution in [0.3, 0.4) is 0 Å². The molecule has 0 bridgehead atoms. The van der Waals surface area contributed by atoms with Crippen molar-refractivity contribution in [2.45, 2.75) is 27.2 Å². The van der Waals surface area contributed by atoms with Gasteiger partial charge in [0, 0.05) is 32.3 Å². The third kappa shape index (κ3) is 2.67. The predicted molar refractivity (Wildman–Crippen MR) is 76.9 cm³/mol. The van der Waals surface area contributed by atoms with Gasteiger partial charge in [0.2, 0.25) is 0 Å². The highest BCUT2D eigenvalue weighted by Gasteiger charge is 2.11. The maximum atomic E-state index is 4.55. The van der Waals surface area contributed by atoms with Crippen LogP contribution in [0.15, 0.2) is 6.20 Å². The standard InChI is InChI=1S/C13H20N6/c1-6-11-16-12(14-4)8(2)13(17-11)15-10-7-19(5)18-9(10)3/h7H,6H2,1-5H3,(H2,14,15,16,17). The normalized spacial score (nSPS) is 10.6. The second kappa shape index (κ2) is 5.26. The molecule has 6 nitrogen and oxygen atoms in total. The van der Waals surface area contributed by atoms with Crippen LogP contribution in [0.1, 0.15) is 24.0 Å². The predicted octanol–water partition coefficient (Wildman–Crippen LogP) is 2.17. The number of nitrogens with zero attached hydrogens (tertiary/aromatic N) is 4. The van der Waals surface area contributed by atoms with Crippen LogP contribution in [0.4, 0.5) is 17.3 Å². The van der Waals surface area contributed by atoms with Gasteiger partial charge in [-0.1, -0.05) is 6.92 Å². The molecule has 0 amide bonds. The Bertz CT molecular complexity index is 587. The second-order valence-corrected chi connectivity index (χ2v) is 4.49. The Morgan fingerprint density at radius 2 is 1.89 bits per heavy atom. The van der Waals surface area contributed by atoms with Gasteiger partial charge >= 0.3 is 0 Å². The fraction of sp³-hybridized carbons (Fsp3) is 0.462. The molecule has 2 aromatic rings. The SMILES string of the molecule is CCc1nc(NC)c(C)c(Nc2cn(C)nc2C)n1. The number of rotatable bonds is 4. The zero-order valence-corrected chi connectivity index (χ0v) is 12.1. The molecular formula is C13H20N6. The lowest BCUT2D eigenvalue weighted by Crippen LogP contribution is -2.07. The summed E-state index contributed by atoms with van der Waals surface area (Å²) in [6, 6.07) is 0. The van der Waals surface area contributed by atoms with Crippen LogP contribution in [0, 0.1) is 13.8 Å². The third-order valence-corrected chi connectivity index (χ3v) is 3.01. The Morgan fingerprint density at radius 3 is 2.42 bits per heavy atom. The molecule has 0 aliphatic heterocycles. The monoisotopic (exact) mass is 260 g/mol. The smallest absolute Gasteiger partial charge is 0.139 e. The minimum absolute atomic E-state index is 0.801. The summed E-state index contributed by atoms with van der Waals surface area (Å²) < 4.78 is 1.79. The van der Waals surface area contributed by atoms with E-state index < -0.39 is 0 Å². The summed E-state index contributed by atoms with van der Waals surface area (Å²) in [4.78, 5) is 9.00. The van der Waals surface area contributed by atoms with E-state index in [1.165, 1.54) is 0 Å². The molecule has 19 heavy (non-hydrogen) atoms. The topological polar surface area (TPSA) is 67.7 Å². The minimum atomic E-state index is 0.801. The summed E-state index contributed by atoms with van der Waals surface area (Å²) in [7, 11) is 3.77. The number of aryl methyl sites for hydroxylation is 3. The first-order valence-corrected chi connectivity index (χ1v) is 6.37. The molecule has 0 aliphatic carbocycles. The zero-order valence-electron chi connectivity index (χ0n) is 12.1. The van der Waals surface area contributed by atoms with Crippen molar-refractivity contribution >= 4 is 17.3 Å². The number of anilines is 3. The van der Waals surface area contributed by atoms with E-state index in [1.807, 2.05) is 41.1 Å². The maximum Gasteiger partial charge on any atom is 0.139 e. The molecule has 102 valence electrons. The molecule has 0 unspecified atom stereocenters. The molecule has 2 heterocycles. The van der Waals surface area contributed by atoms with Crippen molar-refractivity contribution < 1.29 is 0 Å². The van der Waals surface area contributed by atoms with Crippen molar-refractivity contribution in [2.24, 2.45) is 7.05 Å². The lowest BCUT2D eigenvalue weighted by Gasteiger charge is -2.12. The highest BCUT2D eigenvalue weighted by molar-refractivity contribution is 5.65. The van der Waals surface area contributed by atoms with Gasteiger partial charge in [-0.2, -0.15) is 5.10 Å². The second-order valence-electron chi connectivity index (χ2n) is 4.49. The minimum Gasteiger partial charge on any atom is -0.373 e. The molecule has 2 N–H and O–H groups in total. The molecule has 0 aromatic carbocycles. The van der Waals surface area contributed by atoms with E-state index in [-0.39, 0.29) is 0 Å². The first-order chi connectivity index (χ1) is 9.05. The summed E-state index contributed by atoms with van der Waals surface area (Å²) >= 11 is 0. The highest BCUT2D eigenvalue weighted by Crippen LogP contribution is 2.24. The number of aromatic nitrogens is 4. The largest absolute Gasteiger partial charge is 0.373 e. The molecule has 0 aliphatic rings. The molecule has 0 atom stereocenters. The van der Waals surface area contributed by atoms with Crippen molar-refractivity contribution in [1.29, 1.82) is 0 Å². The summed E-state index contributed by atoms with van der Waals surface area (Å²) in [5, 5.41) is 10.8. The average Bonchev–Trinajstić information content (AvgIpc) is 2.70. The Morgan fingerprint density at radius 1 is 1.21 bits per heavy atom. The van der Waals surface area contributed by atoms with Gasteiger partial charge in [-0.15, -0.1) is 0 Å². The van der Waals surface area contributed by atoms with Crippen molar-refractivity contribution in [3.8, 4) is 0 Å². The van der Waals surface area contributed by atoms with Crippen molar-refractivity contribution in [3.05, 3.63) is 23.3 Å². The molecule has 0 saturated carbocycles. The van der Waals surface area contributed by atoms with Gasteiger partial charge in [0.05, 0.1) is 11.4 Å². The van der Waals surface area contributed by atoms with Crippen LogP contribution in [0.2, 0.25) is 0 Å². The van der Waals surface area contributed by atoms with E-state index in [2.05, 4.69) is 25.7 Å². The Balaban J connectivity index is 2.41. The van der Waals surface area contributed by atoms with Gasteiger partial charge in [0.15, 0.2) is 0 Å². The number of nitrogens with one attached hydrogen (secondary N) is 2. The van der Waals surface area contributed by atoms with Crippen LogP contribution in [-0.4, -0.2) is 26.8 Å². The van der Waals surface area contributed by atoms with Gasteiger partial charge in [0.1, 0.15) is 17.5 Å². The molecule has 0 fully saturated rings. The number of hydrogen-bond donors (Lipinski definition) is 2.